The van der Waals surface area contributed by atoms with Gasteiger partial charge in [-0.05, 0) is 6.07 Å². The van der Waals surface area contributed by atoms with E-state index in [1.165, 1.54) is 12.1 Å². The van der Waals surface area contributed by atoms with E-state index in [2.05, 4.69) is 34.0 Å². The van der Waals surface area contributed by atoms with Crippen molar-refractivity contribution in [1.29, 1.82) is 0 Å². The van der Waals surface area contributed by atoms with Gasteiger partial charge in [0.05, 0.1) is 11.0 Å². The Morgan fingerprint density at radius 3 is 2.71 bits per heavy atom. The summed E-state index contributed by atoms with van der Waals surface area (Å²) in [4.78, 5) is 10.5. The van der Waals surface area contributed by atoms with Crippen LogP contribution in [0, 0.1) is 10.1 Å². The molecule has 0 aliphatic heterocycles. The first-order chi connectivity index (χ1) is 11.7. The number of non-ortho nitro benzene ring substituents is 1. The molecule has 1 aromatic heterocycles. The molecule has 1 heterocycles. The molecule has 0 aliphatic rings. The van der Waals surface area contributed by atoms with Crippen LogP contribution in [0.5, 0.6) is 0 Å². The first kappa shape index (κ1) is 15.9. The number of nitrogens with zero attached hydrogens (tertiary/aromatic N) is 2. The van der Waals surface area contributed by atoms with Crippen molar-refractivity contribution < 1.29 is 9.49 Å². The van der Waals surface area contributed by atoms with Crippen LogP contribution < -0.4 is 9.88 Å². The van der Waals surface area contributed by atoms with Gasteiger partial charge in [0.1, 0.15) is 17.9 Å². The van der Waals surface area contributed by atoms with Crippen LogP contribution in [0.1, 0.15) is 0 Å². The van der Waals surface area contributed by atoms with Gasteiger partial charge in [0.15, 0.2) is 0 Å². The normalized spacial score (nSPS) is 10.3. The highest BCUT2D eigenvalue weighted by Crippen LogP contribution is 2.27. The molecule has 2 aromatic carbocycles. The molecule has 0 aliphatic carbocycles. The van der Waals surface area contributed by atoms with E-state index in [0.29, 0.717) is 12.2 Å². The fraction of sp³-hybridized carbons (Fsp3) is 0.0556. The summed E-state index contributed by atoms with van der Waals surface area (Å²) in [6, 6.07) is 16.6. The molecule has 1 N–H and O–H groups in total. The third-order valence-corrected chi connectivity index (χ3v) is 4.39. The third-order valence-electron chi connectivity index (χ3n) is 3.51. The van der Waals surface area contributed by atoms with E-state index in [-0.39, 0.29) is 5.69 Å². The van der Waals surface area contributed by atoms with Gasteiger partial charge in [0, 0.05) is 17.0 Å². The molecule has 24 heavy (non-hydrogen) atoms. The van der Waals surface area contributed by atoms with Gasteiger partial charge in [-0.1, -0.05) is 60.4 Å². The van der Waals surface area contributed by atoms with Gasteiger partial charge in [-0.25, -0.2) is 9.88 Å². The van der Waals surface area contributed by atoms with Crippen LogP contribution in [-0.2, 0) is 6.54 Å². The van der Waals surface area contributed by atoms with Crippen LogP contribution in [0.4, 0.5) is 16.5 Å². The molecule has 3 rings (SSSR count). The third kappa shape index (κ3) is 3.33. The van der Waals surface area contributed by atoms with Crippen LogP contribution in [0.25, 0.3) is 11.3 Å². The predicted molar refractivity (Wildman–Crippen MR) is 96.5 cm³/mol. The molecular formula is C18H16N3O2S+. The van der Waals surface area contributed by atoms with Crippen molar-refractivity contribution >= 4 is 27.8 Å². The minimum atomic E-state index is -0.396. The molecule has 0 fully saturated rings. The van der Waals surface area contributed by atoms with E-state index >= 15 is 0 Å². The van der Waals surface area contributed by atoms with Crippen LogP contribution in [-0.4, -0.2) is 4.92 Å². The standard InChI is InChI=1S/C18H15N3O2S/c1-2-11-20-17(14-7-4-3-5-8-14)13-24-18(20)19-15-9-6-10-16(12-15)21(22)23/h2-10,12-13H,1,11H2/p+1. The highest BCUT2D eigenvalue weighted by molar-refractivity contribution is 7.13. The Morgan fingerprint density at radius 1 is 1.21 bits per heavy atom. The van der Waals surface area contributed by atoms with Crippen LogP contribution in [0.2, 0.25) is 0 Å². The topological polar surface area (TPSA) is 59.0 Å². The Balaban J connectivity index is 1.97. The van der Waals surface area contributed by atoms with E-state index in [4.69, 9.17) is 0 Å². The molecule has 0 saturated heterocycles. The Morgan fingerprint density at radius 2 is 2.00 bits per heavy atom. The van der Waals surface area contributed by atoms with Crippen molar-refractivity contribution in [2.45, 2.75) is 6.54 Å². The summed E-state index contributed by atoms with van der Waals surface area (Å²) in [6.07, 6.45) is 1.83. The summed E-state index contributed by atoms with van der Waals surface area (Å²) in [7, 11) is 0. The summed E-state index contributed by atoms with van der Waals surface area (Å²) in [5, 5.41) is 17.2. The zero-order valence-electron chi connectivity index (χ0n) is 12.9. The predicted octanol–water partition coefficient (Wildman–Crippen LogP) is 4.54. The maximum absolute atomic E-state index is 10.9. The molecule has 0 unspecified atom stereocenters. The Hall–Kier alpha value is -2.99. The van der Waals surface area contributed by atoms with Gasteiger partial charge in [-0.2, -0.15) is 0 Å². The zero-order valence-corrected chi connectivity index (χ0v) is 13.7. The Labute approximate surface area is 143 Å². The highest BCUT2D eigenvalue weighted by Gasteiger charge is 2.19. The first-order valence-corrected chi connectivity index (χ1v) is 8.26. The van der Waals surface area contributed by atoms with Crippen molar-refractivity contribution in [3.8, 4) is 11.3 Å². The second kappa shape index (κ2) is 7.06. The van der Waals surface area contributed by atoms with Crippen molar-refractivity contribution in [3.05, 3.63) is 82.7 Å². The fourth-order valence-electron chi connectivity index (χ4n) is 2.41. The second-order valence-corrected chi connectivity index (χ2v) is 5.98. The van der Waals surface area contributed by atoms with Gasteiger partial charge in [0.25, 0.3) is 5.69 Å². The highest BCUT2D eigenvalue weighted by atomic mass is 32.1. The second-order valence-electron chi connectivity index (χ2n) is 5.12. The quantitative estimate of drug-likeness (QED) is 0.311. The zero-order chi connectivity index (χ0) is 16.9. The number of aromatic nitrogens is 1. The van der Waals surface area contributed by atoms with Gasteiger partial charge >= 0.3 is 5.13 Å². The lowest BCUT2D eigenvalue weighted by Gasteiger charge is -2.04. The van der Waals surface area contributed by atoms with Gasteiger partial charge < -0.3 is 0 Å². The van der Waals surface area contributed by atoms with E-state index in [0.717, 1.165) is 16.4 Å². The van der Waals surface area contributed by atoms with E-state index in [1.807, 2.05) is 30.3 Å². The molecule has 0 amide bonds. The minimum Gasteiger partial charge on any atom is -0.258 e. The number of hydrogen-bond acceptors (Lipinski definition) is 4. The molecule has 0 spiro atoms. The van der Waals surface area contributed by atoms with Crippen molar-refractivity contribution in [2.75, 3.05) is 5.32 Å². The molecule has 3 aromatic rings. The van der Waals surface area contributed by atoms with Gasteiger partial charge in [-0.15, -0.1) is 0 Å². The summed E-state index contributed by atoms with van der Waals surface area (Å²) in [5.74, 6) is 0. The lowest BCUT2D eigenvalue weighted by molar-refractivity contribution is -0.657. The monoisotopic (exact) mass is 338 g/mol. The summed E-state index contributed by atoms with van der Waals surface area (Å²) < 4.78 is 2.10. The van der Waals surface area contributed by atoms with Crippen molar-refractivity contribution in [3.63, 3.8) is 0 Å². The lowest BCUT2D eigenvalue weighted by Crippen LogP contribution is -2.35. The smallest absolute Gasteiger partial charge is 0.258 e. The van der Waals surface area contributed by atoms with Crippen LogP contribution in [0.15, 0.2) is 72.6 Å². The number of nitro benzene ring substituents is 1. The minimum absolute atomic E-state index is 0.0649. The van der Waals surface area contributed by atoms with E-state index in [9.17, 15) is 10.1 Å². The molecule has 0 atom stereocenters. The summed E-state index contributed by atoms with van der Waals surface area (Å²) in [6.45, 7) is 4.47. The van der Waals surface area contributed by atoms with Gasteiger partial charge in [0.2, 0.25) is 0 Å². The average Bonchev–Trinajstić information content (AvgIpc) is 2.99. The number of benzene rings is 2. The SMILES string of the molecule is C=CC[n+]1c(-c2ccccc2)csc1Nc1cccc([N+](=O)[O-])c1. The number of hydrogen-bond donors (Lipinski definition) is 1. The number of nitro groups is 1. The number of rotatable bonds is 6. The van der Waals surface area contributed by atoms with Crippen molar-refractivity contribution in [2.24, 2.45) is 0 Å². The van der Waals surface area contributed by atoms with Gasteiger partial charge in [-0.3, -0.25) is 10.1 Å². The molecular weight excluding hydrogens is 322 g/mol. The molecule has 5 nitrogen and oxygen atoms in total. The number of thiazole rings is 1. The number of allylic oxidation sites excluding steroid dienone is 1. The summed E-state index contributed by atoms with van der Waals surface area (Å²) in [5.41, 5.74) is 2.94. The number of nitrogens with one attached hydrogen (secondary N) is 1. The van der Waals surface area contributed by atoms with Crippen molar-refractivity contribution in [1.82, 2.24) is 0 Å². The molecule has 0 bridgehead atoms. The molecule has 0 saturated carbocycles. The first-order valence-electron chi connectivity index (χ1n) is 7.38. The van der Waals surface area contributed by atoms with Crippen LogP contribution in [0.3, 0.4) is 0 Å². The van der Waals surface area contributed by atoms with E-state index in [1.54, 1.807) is 17.4 Å². The maximum Gasteiger partial charge on any atom is 0.339 e. The Kier molecular flexibility index (Phi) is 4.67. The van der Waals surface area contributed by atoms with E-state index < -0.39 is 4.92 Å². The largest absolute Gasteiger partial charge is 0.339 e. The maximum atomic E-state index is 10.9. The Bertz CT molecular complexity index is 875. The van der Waals surface area contributed by atoms with Crippen LogP contribution >= 0.6 is 11.3 Å². The lowest BCUT2D eigenvalue weighted by atomic mass is 10.2. The summed E-state index contributed by atoms with van der Waals surface area (Å²) >= 11 is 1.55. The molecule has 0 radical (unpaired) electrons. The fourth-order valence-corrected chi connectivity index (χ4v) is 3.37. The molecule has 6 heteroatoms. The average molecular weight is 338 g/mol. The molecule has 120 valence electrons. The number of anilines is 2.